The first-order chi connectivity index (χ1) is 9.08. The molecule has 1 aromatic rings. The Bertz CT molecular complexity index is 361. The summed E-state index contributed by atoms with van der Waals surface area (Å²) in [5.41, 5.74) is 2.67. The van der Waals surface area contributed by atoms with Gasteiger partial charge in [0.1, 0.15) is 5.75 Å². The number of ether oxygens (including phenoxy) is 1. The second-order valence-corrected chi connectivity index (χ2v) is 5.98. The molecule has 0 N–H and O–H groups in total. The fourth-order valence-electron chi connectivity index (χ4n) is 2.79. The van der Waals surface area contributed by atoms with Gasteiger partial charge in [-0.3, -0.25) is 0 Å². The summed E-state index contributed by atoms with van der Waals surface area (Å²) in [6, 6.07) is 6.32. The number of aryl methyl sites for hydroxylation is 2. The summed E-state index contributed by atoms with van der Waals surface area (Å²) in [6.45, 7) is 9.50. The maximum absolute atomic E-state index is 6.18. The number of hydrogen-bond donors (Lipinski definition) is 1. The molecule has 0 heterocycles. The third-order valence-corrected chi connectivity index (χ3v) is 4.50. The third-order valence-electron chi connectivity index (χ3n) is 3.83. The standard InChI is InChI=1S/C17H28OS/c1-5-10-17(13-19,11-6-2)12-18-16-14(3)8-7-9-15(16)4/h7-9,19H,5-6,10-13H2,1-4H3. The van der Waals surface area contributed by atoms with Gasteiger partial charge >= 0.3 is 0 Å². The van der Waals surface area contributed by atoms with Crippen LogP contribution in [0.5, 0.6) is 5.75 Å². The summed E-state index contributed by atoms with van der Waals surface area (Å²) < 4.78 is 6.18. The van der Waals surface area contributed by atoms with Gasteiger partial charge in [0.05, 0.1) is 6.61 Å². The van der Waals surface area contributed by atoms with Crippen LogP contribution in [-0.4, -0.2) is 12.4 Å². The Morgan fingerprint density at radius 1 is 1.05 bits per heavy atom. The zero-order valence-corrected chi connectivity index (χ0v) is 13.7. The van der Waals surface area contributed by atoms with Crippen LogP contribution >= 0.6 is 12.6 Å². The van der Waals surface area contributed by atoms with Crippen molar-refractivity contribution in [1.82, 2.24) is 0 Å². The molecule has 0 atom stereocenters. The maximum atomic E-state index is 6.18. The molecule has 0 amide bonds. The molecule has 0 aromatic heterocycles. The van der Waals surface area contributed by atoms with Crippen LogP contribution in [0.4, 0.5) is 0 Å². The largest absolute Gasteiger partial charge is 0.492 e. The first-order valence-electron chi connectivity index (χ1n) is 7.38. The molecule has 0 bridgehead atoms. The summed E-state index contributed by atoms with van der Waals surface area (Å²) in [5, 5.41) is 0. The predicted octanol–water partition coefficient (Wildman–Crippen LogP) is 5.20. The average Bonchev–Trinajstić information content (AvgIpc) is 2.38. The highest BCUT2D eigenvalue weighted by molar-refractivity contribution is 7.80. The van der Waals surface area contributed by atoms with E-state index < -0.39 is 0 Å². The maximum Gasteiger partial charge on any atom is 0.125 e. The molecule has 0 radical (unpaired) electrons. The molecule has 19 heavy (non-hydrogen) atoms. The fraction of sp³-hybridized carbons (Fsp3) is 0.647. The number of para-hydroxylation sites is 1. The molecule has 0 aliphatic rings. The van der Waals surface area contributed by atoms with Crippen molar-refractivity contribution < 1.29 is 4.74 Å². The lowest BCUT2D eigenvalue weighted by atomic mass is 9.82. The van der Waals surface area contributed by atoms with Crippen molar-refractivity contribution >= 4 is 12.6 Å². The molecule has 1 aromatic carbocycles. The van der Waals surface area contributed by atoms with E-state index in [-0.39, 0.29) is 5.41 Å². The van der Waals surface area contributed by atoms with Gasteiger partial charge in [0.15, 0.2) is 0 Å². The number of benzene rings is 1. The molecule has 1 nitrogen and oxygen atoms in total. The second-order valence-electron chi connectivity index (χ2n) is 5.67. The highest BCUT2D eigenvalue weighted by Gasteiger charge is 2.28. The minimum absolute atomic E-state index is 0.224. The van der Waals surface area contributed by atoms with Gasteiger partial charge in [0, 0.05) is 5.41 Å². The Morgan fingerprint density at radius 2 is 1.58 bits per heavy atom. The van der Waals surface area contributed by atoms with Crippen LogP contribution in [0.3, 0.4) is 0 Å². The molecule has 0 aliphatic carbocycles. The highest BCUT2D eigenvalue weighted by Crippen LogP contribution is 2.33. The SMILES string of the molecule is CCCC(CS)(CCC)COc1c(C)cccc1C. The van der Waals surface area contributed by atoms with E-state index in [0.29, 0.717) is 0 Å². The minimum Gasteiger partial charge on any atom is -0.492 e. The number of rotatable bonds is 8. The van der Waals surface area contributed by atoms with E-state index in [1.54, 1.807) is 0 Å². The van der Waals surface area contributed by atoms with Gasteiger partial charge in [0.25, 0.3) is 0 Å². The zero-order valence-electron chi connectivity index (χ0n) is 12.8. The van der Waals surface area contributed by atoms with Gasteiger partial charge in [-0.1, -0.05) is 44.9 Å². The normalized spacial score (nSPS) is 11.6. The van der Waals surface area contributed by atoms with Crippen LogP contribution in [-0.2, 0) is 0 Å². The Labute approximate surface area is 124 Å². The van der Waals surface area contributed by atoms with Crippen molar-refractivity contribution in [3.63, 3.8) is 0 Å². The van der Waals surface area contributed by atoms with Crippen LogP contribution in [0.1, 0.15) is 50.7 Å². The van der Waals surface area contributed by atoms with E-state index >= 15 is 0 Å². The Kier molecular flexibility index (Phi) is 6.78. The average molecular weight is 280 g/mol. The molecule has 0 unspecified atom stereocenters. The lowest BCUT2D eigenvalue weighted by Gasteiger charge is -2.32. The first kappa shape index (κ1) is 16.4. The molecule has 0 fully saturated rings. The van der Waals surface area contributed by atoms with Gasteiger partial charge in [0.2, 0.25) is 0 Å². The highest BCUT2D eigenvalue weighted by atomic mass is 32.1. The van der Waals surface area contributed by atoms with Gasteiger partial charge < -0.3 is 4.74 Å². The van der Waals surface area contributed by atoms with Crippen LogP contribution in [0.2, 0.25) is 0 Å². The van der Waals surface area contributed by atoms with E-state index in [4.69, 9.17) is 4.74 Å². The summed E-state index contributed by atoms with van der Waals surface area (Å²) in [4.78, 5) is 0. The minimum atomic E-state index is 0.224. The molecular formula is C17H28OS. The van der Waals surface area contributed by atoms with E-state index in [9.17, 15) is 0 Å². The van der Waals surface area contributed by atoms with E-state index in [2.05, 4.69) is 58.5 Å². The van der Waals surface area contributed by atoms with Crippen molar-refractivity contribution in [3.05, 3.63) is 29.3 Å². The lowest BCUT2D eigenvalue weighted by molar-refractivity contribution is 0.142. The van der Waals surface area contributed by atoms with E-state index in [1.165, 1.54) is 36.8 Å². The Hall–Kier alpha value is -0.630. The molecule has 108 valence electrons. The molecule has 2 heteroatoms. The van der Waals surface area contributed by atoms with Crippen molar-refractivity contribution in [2.24, 2.45) is 5.41 Å². The van der Waals surface area contributed by atoms with E-state index in [0.717, 1.165) is 18.1 Å². The molecule has 0 aliphatic heterocycles. The van der Waals surface area contributed by atoms with Crippen LogP contribution < -0.4 is 4.74 Å². The van der Waals surface area contributed by atoms with Gasteiger partial charge in [-0.05, 0) is 43.6 Å². The third kappa shape index (κ3) is 4.45. The summed E-state index contributed by atoms with van der Waals surface area (Å²) in [6.07, 6.45) is 4.76. The number of hydrogen-bond acceptors (Lipinski definition) is 2. The summed E-state index contributed by atoms with van der Waals surface area (Å²) in [7, 11) is 0. The predicted molar refractivity (Wildman–Crippen MR) is 87.5 cm³/mol. The van der Waals surface area contributed by atoms with Crippen LogP contribution in [0.25, 0.3) is 0 Å². The summed E-state index contributed by atoms with van der Waals surface area (Å²) >= 11 is 4.59. The first-order valence-corrected chi connectivity index (χ1v) is 8.01. The monoisotopic (exact) mass is 280 g/mol. The van der Waals surface area contributed by atoms with Crippen LogP contribution in [0, 0.1) is 19.3 Å². The second kappa shape index (κ2) is 7.84. The topological polar surface area (TPSA) is 9.23 Å². The molecule has 0 spiro atoms. The Balaban J connectivity index is 2.80. The smallest absolute Gasteiger partial charge is 0.125 e. The van der Waals surface area contributed by atoms with E-state index in [1.807, 2.05) is 0 Å². The molecular weight excluding hydrogens is 252 g/mol. The van der Waals surface area contributed by atoms with Crippen LogP contribution in [0.15, 0.2) is 18.2 Å². The Morgan fingerprint density at radius 3 is 2.00 bits per heavy atom. The molecule has 0 saturated heterocycles. The number of thiol groups is 1. The zero-order chi connectivity index (χ0) is 14.3. The quantitative estimate of drug-likeness (QED) is 0.644. The van der Waals surface area contributed by atoms with Crippen molar-refractivity contribution in [2.75, 3.05) is 12.4 Å². The lowest BCUT2D eigenvalue weighted by Crippen LogP contribution is -2.31. The van der Waals surface area contributed by atoms with Crippen molar-refractivity contribution in [2.45, 2.75) is 53.4 Å². The summed E-state index contributed by atoms with van der Waals surface area (Å²) in [5.74, 6) is 1.96. The molecule has 1 rings (SSSR count). The van der Waals surface area contributed by atoms with Gasteiger partial charge in [-0.25, -0.2) is 0 Å². The fourth-order valence-corrected chi connectivity index (χ4v) is 3.19. The van der Waals surface area contributed by atoms with Gasteiger partial charge in [-0.2, -0.15) is 12.6 Å². The molecule has 0 saturated carbocycles. The van der Waals surface area contributed by atoms with Gasteiger partial charge in [-0.15, -0.1) is 0 Å². The van der Waals surface area contributed by atoms with Crippen molar-refractivity contribution in [1.29, 1.82) is 0 Å². The van der Waals surface area contributed by atoms with Crippen molar-refractivity contribution in [3.8, 4) is 5.75 Å².